The van der Waals surface area contributed by atoms with E-state index in [0.29, 0.717) is 10.2 Å². The van der Waals surface area contributed by atoms with Crippen molar-refractivity contribution >= 4 is 28.4 Å². The van der Waals surface area contributed by atoms with E-state index in [-0.39, 0.29) is 0 Å². The fraction of sp³-hybridized carbons (Fsp3) is 0.300. The number of nitrogens with zero attached hydrogens (tertiary/aromatic N) is 1. The van der Waals surface area contributed by atoms with Gasteiger partial charge in [0.05, 0.1) is 5.56 Å². The standard InChI is InChI=1S/C10H9Cl2NO/c1-10(2)13-9(12)7-5-6(11)3-4-8(7)14-10/h3-5H,1-2H3. The van der Waals surface area contributed by atoms with Gasteiger partial charge in [-0.1, -0.05) is 23.2 Å². The van der Waals surface area contributed by atoms with E-state index in [1.165, 1.54) is 0 Å². The summed E-state index contributed by atoms with van der Waals surface area (Å²) < 4.78 is 5.61. The summed E-state index contributed by atoms with van der Waals surface area (Å²) >= 11 is 11.9. The zero-order valence-corrected chi connectivity index (χ0v) is 9.36. The molecule has 14 heavy (non-hydrogen) atoms. The number of fused-ring (bicyclic) bond motifs is 1. The molecule has 0 aromatic heterocycles. The number of benzene rings is 1. The maximum Gasteiger partial charge on any atom is 0.196 e. The normalized spacial score (nSPS) is 18.1. The van der Waals surface area contributed by atoms with Crippen molar-refractivity contribution in [1.29, 1.82) is 0 Å². The van der Waals surface area contributed by atoms with E-state index in [0.717, 1.165) is 11.3 Å². The Labute approximate surface area is 92.5 Å². The summed E-state index contributed by atoms with van der Waals surface area (Å²) in [5, 5.41) is 1.07. The van der Waals surface area contributed by atoms with Crippen LogP contribution in [0.4, 0.5) is 0 Å². The third-order valence-corrected chi connectivity index (χ3v) is 2.41. The average Bonchev–Trinajstić information content (AvgIpc) is 2.05. The summed E-state index contributed by atoms with van der Waals surface area (Å²) in [7, 11) is 0. The summed E-state index contributed by atoms with van der Waals surface area (Å²) in [5.74, 6) is 0.722. The van der Waals surface area contributed by atoms with E-state index in [1.807, 2.05) is 13.8 Å². The number of hydrogen-bond donors (Lipinski definition) is 0. The Kier molecular flexibility index (Phi) is 2.20. The molecule has 0 amide bonds. The summed E-state index contributed by atoms with van der Waals surface area (Å²) in [6.45, 7) is 3.71. The zero-order chi connectivity index (χ0) is 10.3. The van der Waals surface area contributed by atoms with E-state index in [2.05, 4.69) is 4.99 Å². The van der Waals surface area contributed by atoms with Gasteiger partial charge in [-0.25, -0.2) is 4.99 Å². The number of ether oxygens (including phenoxy) is 1. The highest BCUT2D eigenvalue weighted by molar-refractivity contribution is 6.70. The quantitative estimate of drug-likeness (QED) is 0.668. The molecule has 0 N–H and O–H groups in total. The fourth-order valence-electron chi connectivity index (χ4n) is 1.34. The van der Waals surface area contributed by atoms with E-state index in [4.69, 9.17) is 27.9 Å². The van der Waals surface area contributed by atoms with Crippen LogP contribution in [0, 0.1) is 0 Å². The zero-order valence-electron chi connectivity index (χ0n) is 7.84. The topological polar surface area (TPSA) is 21.6 Å². The van der Waals surface area contributed by atoms with Crippen LogP contribution in [-0.2, 0) is 0 Å². The molecule has 1 aromatic carbocycles. The maximum absolute atomic E-state index is 6.02. The highest BCUT2D eigenvalue weighted by Gasteiger charge is 2.27. The second kappa shape index (κ2) is 3.14. The lowest BCUT2D eigenvalue weighted by molar-refractivity contribution is 0.116. The van der Waals surface area contributed by atoms with E-state index in [9.17, 15) is 0 Å². The molecular weight excluding hydrogens is 221 g/mol. The van der Waals surface area contributed by atoms with Gasteiger partial charge < -0.3 is 4.74 Å². The molecule has 1 aliphatic heterocycles. The number of hydrogen-bond acceptors (Lipinski definition) is 2. The molecule has 0 aliphatic carbocycles. The van der Waals surface area contributed by atoms with E-state index < -0.39 is 5.72 Å². The summed E-state index contributed by atoms with van der Waals surface area (Å²) in [5.41, 5.74) is 0.149. The van der Waals surface area contributed by atoms with Crippen molar-refractivity contribution < 1.29 is 4.74 Å². The van der Waals surface area contributed by atoms with Crippen molar-refractivity contribution in [3.8, 4) is 5.75 Å². The molecule has 0 atom stereocenters. The molecule has 2 rings (SSSR count). The largest absolute Gasteiger partial charge is 0.466 e. The van der Waals surface area contributed by atoms with Crippen molar-refractivity contribution in [3.05, 3.63) is 28.8 Å². The van der Waals surface area contributed by atoms with Gasteiger partial charge in [-0.15, -0.1) is 0 Å². The first-order valence-electron chi connectivity index (χ1n) is 4.22. The highest BCUT2D eigenvalue weighted by atomic mass is 35.5. The van der Waals surface area contributed by atoms with Crippen molar-refractivity contribution in [2.75, 3.05) is 0 Å². The fourth-order valence-corrected chi connectivity index (χ4v) is 1.86. The minimum absolute atomic E-state index is 0.443. The summed E-state index contributed by atoms with van der Waals surface area (Å²) in [6.07, 6.45) is 0. The third-order valence-electron chi connectivity index (χ3n) is 1.89. The first-order valence-corrected chi connectivity index (χ1v) is 4.98. The Morgan fingerprint density at radius 3 is 2.71 bits per heavy atom. The van der Waals surface area contributed by atoms with Crippen LogP contribution in [0.5, 0.6) is 5.75 Å². The monoisotopic (exact) mass is 229 g/mol. The molecule has 1 aliphatic rings. The van der Waals surface area contributed by atoms with Crippen LogP contribution in [0.1, 0.15) is 19.4 Å². The van der Waals surface area contributed by atoms with Gasteiger partial charge in [-0.3, -0.25) is 0 Å². The average molecular weight is 230 g/mol. The summed E-state index contributed by atoms with van der Waals surface area (Å²) in [6, 6.07) is 5.32. The number of rotatable bonds is 0. The van der Waals surface area contributed by atoms with Crippen LogP contribution in [0.15, 0.2) is 23.2 Å². The molecule has 4 heteroatoms. The molecule has 0 spiro atoms. The predicted octanol–water partition coefficient (Wildman–Crippen LogP) is 3.45. The van der Waals surface area contributed by atoms with Gasteiger partial charge in [0, 0.05) is 5.02 Å². The molecule has 0 bridgehead atoms. The Morgan fingerprint density at radius 1 is 1.29 bits per heavy atom. The lowest BCUT2D eigenvalue weighted by Crippen LogP contribution is -2.30. The molecule has 2 nitrogen and oxygen atoms in total. The van der Waals surface area contributed by atoms with Crippen molar-refractivity contribution in [2.24, 2.45) is 4.99 Å². The van der Waals surface area contributed by atoms with Crippen LogP contribution < -0.4 is 4.74 Å². The van der Waals surface area contributed by atoms with Gasteiger partial charge in [-0.05, 0) is 32.0 Å². The minimum atomic E-state index is -0.599. The minimum Gasteiger partial charge on any atom is -0.466 e. The third kappa shape index (κ3) is 1.72. The Hall–Kier alpha value is -0.730. The highest BCUT2D eigenvalue weighted by Crippen LogP contribution is 2.33. The van der Waals surface area contributed by atoms with Gasteiger partial charge in [0.2, 0.25) is 0 Å². The van der Waals surface area contributed by atoms with Crippen molar-refractivity contribution in [3.63, 3.8) is 0 Å². The van der Waals surface area contributed by atoms with Gasteiger partial charge >= 0.3 is 0 Å². The van der Waals surface area contributed by atoms with Gasteiger partial charge in [0.15, 0.2) is 5.72 Å². The first kappa shape index (κ1) is 9.81. The summed E-state index contributed by atoms with van der Waals surface area (Å²) in [4.78, 5) is 4.20. The molecule has 0 saturated carbocycles. The van der Waals surface area contributed by atoms with Gasteiger partial charge in [0.1, 0.15) is 10.9 Å². The van der Waals surface area contributed by atoms with Crippen LogP contribution in [0.25, 0.3) is 0 Å². The van der Waals surface area contributed by atoms with Crippen LogP contribution in [0.3, 0.4) is 0 Å². The first-order chi connectivity index (χ1) is 6.48. The molecule has 74 valence electrons. The van der Waals surface area contributed by atoms with E-state index >= 15 is 0 Å². The second-order valence-electron chi connectivity index (χ2n) is 3.59. The molecular formula is C10H9Cl2NO. The lowest BCUT2D eigenvalue weighted by atomic mass is 10.1. The second-order valence-corrected chi connectivity index (χ2v) is 4.39. The van der Waals surface area contributed by atoms with Crippen LogP contribution in [-0.4, -0.2) is 10.9 Å². The number of aliphatic imine (C=N–C) groups is 1. The number of halogens is 2. The molecule has 0 saturated heterocycles. The van der Waals surface area contributed by atoms with Gasteiger partial charge in [-0.2, -0.15) is 0 Å². The van der Waals surface area contributed by atoms with Crippen molar-refractivity contribution in [1.82, 2.24) is 0 Å². The van der Waals surface area contributed by atoms with Crippen molar-refractivity contribution in [2.45, 2.75) is 19.6 Å². The SMILES string of the molecule is CC1(C)N=C(Cl)c2cc(Cl)ccc2O1. The molecule has 0 unspecified atom stereocenters. The molecule has 0 fully saturated rings. The smallest absolute Gasteiger partial charge is 0.196 e. The Balaban J connectivity index is 2.56. The maximum atomic E-state index is 6.02. The predicted molar refractivity (Wildman–Crippen MR) is 58.5 cm³/mol. The molecule has 1 aromatic rings. The van der Waals surface area contributed by atoms with Crippen LogP contribution in [0.2, 0.25) is 5.02 Å². The van der Waals surface area contributed by atoms with Crippen LogP contribution >= 0.6 is 23.2 Å². The Morgan fingerprint density at radius 2 is 2.00 bits per heavy atom. The Bertz CT molecular complexity index is 413. The lowest BCUT2D eigenvalue weighted by Gasteiger charge is -2.28. The van der Waals surface area contributed by atoms with E-state index in [1.54, 1.807) is 18.2 Å². The molecule has 1 heterocycles. The molecule has 0 radical (unpaired) electrons. The van der Waals surface area contributed by atoms with Gasteiger partial charge in [0.25, 0.3) is 0 Å².